The van der Waals surface area contributed by atoms with Crippen molar-refractivity contribution in [2.24, 2.45) is 5.92 Å². The molecule has 0 aliphatic carbocycles. The summed E-state index contributed by atoms with van der Waals surface area (Å²) in [5.41, 5.74) is 2.37. The summed E-state index contributed by atoms with van der Waals surface area (Å²) in [5.74, 6) is 0.710. The summed E-state index contributed by atoms with van der Waals surface area (Å²) >= 11 is 0. The lowest BCUT2D eigenvalue weighted by Crippen LogP contribution is -2.37. The summed E-state index contributed by atoms with van der Waals surface area (Å²) in [7, 11) is 0. The zero-order valence-electron chi connectivity index (χ0n) is 12.5. The van der Waals surface area contributed by atoms with Crippen molar-refractivity contribution >= 4 is 0 Å². The molecule has 1 atom stereocenters. The van der Waals surface area contributed by atoms with Crippen LogP contribution in [0.1, 0.15) is 39.1 Å². The first-order valence-electron chi connectivity index (χ1n) is 7.00. The third-order valence-electron chi connectivity index (χ3n) is 2.92. The molecule has 0 bridgehead atoms. The third-order valence-corrected chi connectivity index (χ3v) is 2.92. The van der Waals surface area contributed by atoms with Crippen LogP contribution in [-0.2, 0) is 13.1 Å². The van der Waals surface area contributed by atoms with E-state index in [2.05, 4.69) is 54.2 Å². The zero-order chi connectivity index (χ0) is 13.5. The van der Waals surface area contributed by atoms with Gasteiger partial charge in [-0.25, -0.2) is 0 Å². The molecule has 1 aromatic rings. The molecule has 0 saturated carbocycles. The monoisotopic (exact) mass is 252 g/mol. The molecule has 4 heteroatoms. The van der Waals surface area contributed by atoms with Gasteiger partial charge in [0.05, 0.1) is 11.4 Å². The zero-order valence-corrected chi connectivity index (χ0v) is 12.5. The SMILES string of the molecule is CCn1nc(C)cc1CNC(C)CNCC(C)C. The minimum absolute atomic E-state index is 0.476. The molecule has 104 valence electrons. The Morgan fingerprint density at radius 1 is 1.28 bits per heavy atom. The Bertz CT molecular complexity index is 344. The average Bonchev–Trinajstić information content (AvgIpc) is 2.66. The molecule has 0 saturated heterocycles. The third kappa shape index (κ3) is 5.19. The summed E-state index contributed by atoms with van der Waals surface area (Å²) in [6.45, 7) is 14.8. The van der Waals surface area contributed by atoms with E-state index in [1.807, 2.05) is 6.92 Å². The fourth-order valence-electron chi connectivity index (χ4n) is 1.95. The minimum atomic E-state index is 0.476. The van der Waals surface area contributed by atoms with Crippen molar-refractivity contribution in [3.05, 3.63) is 17.5 Å². The number of aryl methyl sites for hydroxylation is 2. The smallest absolute Gasteiger partial charge is 0.0597 e. The van der Waals surface area contributed by atoms with Gasteiger partial charge in [-0.2, -0.15) is 5.10 Å². The quantitative estimate of drug-likeness (QED) is 0.743. The van der Waals surface area contributed by atoms with Gasteiger partial charge in [0.15, 0.2) is 0 Å². The molecule has 4 nitrogen and oxygen atoms in total. The highest BCUT2D eigenvalue weighted by atomic mass is 15.3. The number of nitrogens with one attached hydrogen (secondary N) is 2. The van der Waals surface area contributed by atoms with Gasteiger partial charge >= 0.3 is 0 Å². The lowest BCUT2D eigenvalue weighted by Gasteiger charge is -2.16. The van der Waals surface area contributed by atoms with Gasteiger partial charge in [0.2, 0.25) is 0 Å². The van der Waals surface area contributed by atoms with Gasteiger partial charge in [-0.15, -0.1) is 0 Å². The van der Waals surface area contributed by atoms with Crippen molar-refractivity contribution in [3.8, 4) is 0 Å². The predicted molar refractivity (Wildman–Crippen MR) is 76.6 cm³/mol. The molecule has 18 heavy (non-hydrogen) atoms. The summed E-state index contributed by atoms with van der Waals surface area (Å²) in [4.78, 5) is 0. The van der Waals surface area contributed by atoms with Crippen LogP contribution in [0, 0.1) is 12.8 Å². The molecule has 0 aliphatic rings. The first-order chi connectivity index (χ1) is 8.52. The highest BCUT2D eigenvalue weighted by molar-refractivity contribution is 5.08. The molecule has 2 N–H and O–H groups in total. The number of hydrogen-bond acceptors (Lipinski definition) is 3. The maximum atomic E-state index is 4.45. The molecule has 0 aliphatic heterocycles. The first kappa shape index (κ1) is 15.2. The fraction of sp³-hybridized carbons (Fsp3) is 0.786. The van der Waals surface area contributed by atoms with Crippen LogP contribution in [0.5, 0.6) is 0 Å². The Balaban J connectivity index is 2.30. The predicted octanol–water partition coefficient (Wildman–Crippen LogP) is 1.94. The number of rotatable bonds is 8. The molecule has 1 heterocycles. The molecule has 1 rings (SSSR count). The van der Waals surface area contributed by atoms with E-state index in [1.165, 1.54) is 5.69 Å². The van der Waals surface area contributed by atoms with E-state index in [0.717, 1.165) is 31.9 Å². The molecular formula is C14H28N4. The van der Waals surface area contributed by atoms with E-state index >= 15 is 0 Å². The Kier molecular flexibility index (Phi) is 6.36. The lowest BCUT2D eigenvalue weighted by molar-refractivity contribution is 0.462. The van der Waals surface area contributed by atoms with Crippen LogP contribution in [0.3, 0.4) is 0 Å². The van der Waals surface area contributed by atoms with Crippen LogP contribution in [0.15, 0.2) is 6.07 Å². The van der Waals surface area contributed by atoms with Gasteiger partial charge < -0.3 is 10.6 Å². The van der Waals surface area contributed by atoms with Crippen LogP contribution in [-0.4, -0.2) is 28.9 Å². The maximum absolute atomic E-state index is 4.45. The number of hydrogen-bond donors (Lipinski definition) is 2. The van der Waals surface area contributed by atoms with Crippen molar-refractivity contribution in [2.45, 2.75) is 53.8 Å². The summed E-state index contributed by atoms with van der Waals surface area (Å²) in [6.07, 6.45) is 0. The molecule has 1 unspecified atom stereocenters. The average molecular weight is 252 g/mol. The van der Waals surface area contributed by atoms with E-state index in [9.17, 15) is 0 Å². The Hall–Kier alpha value is -0.870. The van der Waals surface area contributed by atoms with Crippen molar-refractivity contribution in [3.63, 3.8) is 0 Å². The molecule has 0 amide bonds. The van der Waals surface area contributed by atoms with E-state index in [1.54, 1.807) is 0 Å². The lowest BCUT2D eigenvalue weighted by atomic mass is 10.2. The van der Waals surface area contributed by atoms with Crippen molar-refractivity contribution in [2.75, 3.05) is 13.1 Å². The van der Waals surface area contributed by atoms with Gasteiger partial charge in [-0.1, -0.05) is 13.8 Å². The summed E-state index contributed by atoms with van der Waals surface area (Å²) < 4.78 is 2.07. The van der Waals surface area contributed by atoms with Crippen molar-refractivity contribution < 1.29 is 0 Å². The Morgan fingerprint density at radius 2 is 2.00 bits per heavy atom. The van der Waals surface area contributed by atoms with Gasteiger partial charge in [0.25, 0.3) is 0 Å². The van der Waals surface area contributed by atoms with Gasteiger partial charge in [0.1, 0.15) is 0 Å². The second kappa shape index (κ2) is 7.54. The van der Waals surface area contributed by atoms with Crippen molar-refractivity contribution in [1.82, 2.24) is 20.4 Å². The van der Waals surface area contributed by atoms with Crippen molar-refractivity contribution in [1.29, 1.82) is 0 Å². The van der Waals surface area contributed by atoms with Crippen LogP contribution in [0.4, 0.5) is 0 Å². The highest BCUT2D eigenvalue weighted by Gasteiger charge is 2.06. The van der Waals surface area contributed by atoms with E-state index < -0.39 is 0 Å². The molecule has 0 aromatic carbocycles. The van der Waals surface area contributed by atoms with Gasteiger partial charge in [0, 0.05) is 25.7 Å². The van der Waals surface area contributed by atoms with Crippen LogP contribution < -0.4 is 10.6 Å². The number of aromatic nitrogens is 2. The molecule has 0 fully saturated rings. The maximum Gasteiger partial charge on any atom is 0.0597 e. The topological polar surface area (TPSA) is 41.9 Å². The minimum Gasteiger partial charge on any atom is -0.315 e. The Labute approximate surface area is 111 Å². The van der Waals surface area contributed by atoms with Gasteiger partial charge in [-0.05, 0) is 39.3 Å². The number of nitrogens with zero attached hydrogens (tertiary/aromatic N) is 2. The van der Waals surface area contributed by atoms with E-state index in [-0.39, 0.29) is 0 Å². The van der Waals surface area contributed by atoms with Crippen LogP contribution in [0.2, 0.25) is 0 Å². The molecule has 0 spiro atoms. The van der Waals surface area contributed by atoms with Crippen LogP contribution in [0.25, 0.3) is 0 Å². The second-order valence-corrected chi connectivity index (χ2v) is 5.43. The summed E-state index contributed by atoms with van der Waals surface area (Å²) in [6, 6.07) is 2.63. The normalized spacial score (nSPS) is 13.2. The molecular weight excluding hydrogens is 224 g/mol. The first-order valence-corrected chi connectivity index (χ1v) is 7.00. The summed E-state index contributed by atoms with van der Waals surface area (Å²) in [5, 5.41) is 11.5. The van der Waals surface area contributed by atoms with E-state index in [0.29, 0.717) is 12.0 Å². The Morgan fingerprint density at radius 3 is 2.61 bits per heavy atom. The van der Waals surface area contributed by atoms with Crippen LogP contribution >= 0.6 is 0 Å². The molecule has 1 aromatic heterocycles. The standard InChI is InChI=1S/C14H28N4/c1-6-18-14(7-12(4)17-18)10-16-13(5)9-15-8-11(2)3/h7,11,13,15-16H,6,8-10H2,1-5H3. The van der Waals surface area contributed by atoms with E-state index in [4.69, 9.17) is 0 Å². The van der Waals surface area contributed by atoms with Gasteiger partial charge in [-0.3, -0.25) is 4.68 Å². The largest absolute Gasteiger partial charge is 0.315 e. The molecule has 0 radical (unpaired) electrons. The second-order valence-electron chi connectivity index (χ2n) is 5.43. The fourth-order valence-corrected chi connectivity index (χ4v) is 1.95. The highest BCUT2D eigenvalue weighted by Crippen LogP contribution is 2.03.